The van der Waals surface area contributed by atoms with E-state index < -0.39 is 28.5 Å². The van der Waals surface area contributed by atoms with Crippen LogP contribution in [-0.2, 0) is 32.6 Å². The Hall–Kier alpha value is -4.34. The summed E-state index contributed by atoms with van der Waals surface area (Å²) in [6.45, 7) is 6.12. The standard InChI is InChI=1S/C36H40ClN3O5S/c1-4-23-38-36(42)34(24-28-9-7-6-8-10-28)39(25-29-13-15-30(37)16-14-29)35(41)26-40(31-17-11-27(3)12-18-31)46(43,44)33-21-19-32(20-22-33)45-5-2/h6-22,34H,4-5,23-26H2,1-3H3,(H,38,42)/t34-/m0/s1. The highest BCUT2D eigenvalue weighted by molar-refractivity contribution is 7.92. The minimum absolute atomic E-state index is 0.00936. The normalized spacial score (nSPS) is 11.8. The van der Waals surface area contributed by atoms with Crippen molar-refractivity contribution in [2.45, 2.75) is 51.1 Å². The Balaban J connectivity index is 1.78. The maximum absolute atomic E-state index is 14.5. The van der Waals surface area contributed by atoms with E-state index in [0.29, 0.717) is 29.6 Å². The molecule has 242 valence electrons. The number of ether oxygens (including phenoxy) is 1. The first-order valence-corrected chi connectivity index (χ1v) is 17.1. The van der Waals surface area contributed by atoms with Crippen LogP contribution in [0.5, 0.6) is 5.75 Å². The third kappa shape index (κ3) is 9.11. The molecule has 4 aromatic rings. The van der Waals surface area contributed by atoms with Gasteiger partial charge in [0.2, 0.25) is 11.8 Å². The van der Waals surface area contributed by atoms with E-state index in [1.165, 1.54) is 17.0 Å². The van der Waals surface area contributed by atoms with E-state index >= 15 is 0 Å². The van der Waals surface area contributed by atoms with E-state index in [2.05, 4.69) is 5.32 Å². The molecule has 10 heteroatoms. The zero-order valence-electron chi connectivity index (χ0n) is 26.4. The molecule has 4 aromatic carbocycles. The Morgan fingerprint density at radius 1 is 0.848 bits per heavy atom. The number of nitrogens with zero attached hydrogens (tertiary/aromatic N) is 2. The summed E-state index contributed by atoms with van der Waals surface area (Å²) in [4.78, 5) is 29.7. The molecule has 0 aliphatic rings. The first-order chi connectivity index (χ1) is 22.1. The molecule has 1 N–H and O–H groups in total. The van der Waals surface area contributed by atoms with Crippen LogP contribution in [0, 0.1) is 6.92 Å². The van der Waals surface area contributed by atoms with Crippen LogP contribution in [0.2, 0.25) is 5.02 Å². The van der Waals surface area contributed by atoms with Gasteiger partial charge in [0.1, 0.15) is 18.3 Å². The van der Waals surface area contributed by atoms with Gasteiger partial charge in [0, 0.05) is 24.5 Å². The van der Waals surface area contributed by atoms with Crippen molar-refractivity contribution in [3.63, 3.8) is 0 Å². The lowest BCUT2D eigenvalue weighted by Crippen LogP contribution is -2.53. The molecule has 0 radical (unpaired) electrons. The Kier molecular flexibility index (Phi) is 12.2. The molecule has 0 fully saturated rings. The number of benzene rings is 4. The number of hydrogen-bond donors (Lipinski definition) is 1. The average Bonchev–Trinajstić information content (AvgIpc) is 3.06. The molecule has 4 rings (SSSR count). The number of rotatable bonds is 15. The number of aryl methyl sites for hydroxylation is 1. The number of sulfonamides is 1. The van der Waals surface area contributed by atoms with Crippen molar-refractivity contribution in [3.8, 4) is 5.75 Å². The van der Waals surface area contributed by atoms with Crippen molar-refractivity contribution in [2.75, 3.05) is 24.0 Å². The predicted octanol–water partition coefficient (Wildman–Crippen LogP) is 6.41. The fourth-order valence-corrected chi connectivity index (χ4v) is 6.49. The molecular formula is C36H40ClN3O5S. The lowest BCUT2D eigenvalue weighted by atomic mass is 10.0. The van der Waals surface area contributed by atoms with Gasteiger partial charge in [-0.2, -0.15) is 0 Å². The molecule has 0 unspecified atom stereocenters. The van der Waals surface area contributed by atoms with Gasteiger partial charge in [0.25, 0.3) is 10.0 Å². The summed E-state index contributed by atoms with van der Waals surface area (Å²) < 4.78 is 35.0. The minimum atomic E-state index is -4.21. The van der Waals surface area contributed by atoms with E-state index in [4.69, 9.17) is 16.3 Å². The Morgan fingerprint density at radius 3 is 2.11 bits per heavy atom. The summed E-state index contributed by atoms with van der Waals surface area (Å²) in [7, 11) is -4.21. The van der Waals surface area contributed by atoms with Crippen LogP contribution in [-0.4, -0.2) is 50.9 Å². The molecule has 0 aromatic heterocycles. The summed E-state index contributed by atoms with van der Waals surface area (Å²) >= 11 is 6.15. The summed E-state index contributed by atoms with van der Waals surface area (Å²) in [5.41, 5.74) is 2.88. The highest BCUT2D eigenvalue weighted by atomic mass is 35.5. The number of amides is 2. The first-order valence-electron chi connectivity index (χ1n) is 15.3. The second-order valence-electron chi connectivity index (χ2n) is 10.9. The van der Waals surface area contributed by atoms with Crippen molar-refractivity contribution >= 4 is 39.1 Å². The number of carbonyl (C=O) groups excluding carboxylic acids is 2. The molecule has 0 aliphatic carbocycles. The van der Waals surface area contributed by atoms with Crippen LogP contribution >= 0.6 is 11.6 Å². The van der Waals surface area contributed by atoms with Crippen molar-refractivity contribution in [1.82, 2.24) is 10.2 Å². The fourth-order valence-electron chi connectivity index (χ4n) is 4.95. The van der Waals surface area contributed by atoms with Gasteiger partial charge in [-0.05, 0) is 79.9 Å². The van der Waals surface area contributed by atoms with Crippen molar-refractivity contribution in [1.29, 1.82) is 0 Å². The van der Waals surface area contributed by atoms with Crippen LogP contribution < -0.4 is 14.4 Å². The minimum Gasteiger partial charge on any atom is -0.494 e. The maximum atomic E-state index is 14.5. The van der Waals surface area contributed by atoms with Gasteiger partial charge in [-0.15, -0.1) is 0 Å². The Bertz CT molecular complexity index is 1680. The third-order valence-corrected chi connectivity index (χ3v) is 9.45. The number of hydrogen-bond acceptors (Lipinski definition) is 5. The molecule has 0 saturated heterocycles. The molecule has 0 saturated carbocycles. The number of carbonyl (C=O) groups is 2. The molecule has 2 amide bonds. The van der Waals surface area contributed by atoms with Crippen LogP contribution in [0.1, 0.15) is 37.0 Å². The van der Waals surface area contributed by atoms with Crippen LogP contribution in [0.25, 0.3) is 0 Å². The molecule has 0 bridgehead atoms. The van der Waals surface area contributed by atoms with E-state index in [1.54, 1.807) is 60.7 Å². The lowest BCUT2D eigenvalue weighted by Gasteiger charge is -2.34. The molecule has 46 heavy (non-hydrogen) atoms. The molecule has 0 aliphatic heterocycles. The summed E-state index contributed by atoms with van der Waals surface area (Å²) in [6, 6.07) is 28.6. The predicted molar refractivity (Wildman–Crippen MR) is 183 cm³/mol. The van der Waals surface area contributed by atoms with Gasteiger partial charge in [-0.25, -0.2) is 8.42 Å². The van der Waals surface area contributed by atoms with E-state index in [9.17, 15) is 18.0 Å². The molecule has 8 nitrogen and oxygen atoms in total. The van der Waals surface area contributed by atoms with Crippen molar-refractivity contribution in [2.24, 2.45) is 0 Å². The number of nitrogens with one attached hydrogen (secondary N) is 1. The van der Waals surface area contributed by atoms with Gasteiger partial charge >= 0.3 is 0 Å². The van der Waals surface area contributed by atoms with E-state index in [1.807, 2.05) is 51.1 Å². The number of anilines is 1. The Morgan fingerprint density at radius 2 is 1.50 bits per heavy atom. The first kappa shape index (κ1) is 34.5. The number of halogens is 1. The highest BCUT2D eigenvalue weighted by Gasteiger charge is 2.34. The van der Waals surface area contributed by atoms with Gasteiger partial charge in [-0.3, -0.25) is 13.9 Å². The summed E-state index contributed by atoms with van der Waals surface area (Å²) in [5, 5.41) is 3.49. The quantitative estimate of drug-likeness (QED) is 0.159. The van der Waals surface area contributed by atoms with E-state index in [0.717, 1.165) is 27.4 Å². The van der Waals surface area contributed by atoms with Crippen molar-refractivity contribution in [3.05, 3.63) is 125 Å². The van der Waals surface area contributed by atoms with Gasteiger partial charge in [0.05, 0.1) is 17.2 Å². The van der Waals surface area contributed by atoms with E-state index in [-0.39, 0.29) is 23.8 Å². The second kappa shape index (κ2) is 16.3. The van der Waals surface area contributed by atoms with Crippen molar-refractivity contribution < 1.29 is 22.7 Å². The van der Waals surface area contributed by atoms with Crippen LogP contribution in [0.4, 0.5) is 5.69 Å². The largest absolute Gasteiger partial charge is 0.494 e. The molecule has 1 atom stereocenters. The summed E-state index contributed by atoms with van der Waals surface area (Å²) in [5.74, 6) is -0.308. The van der Waals surface area contributed by atoms with Gasteiger partial charge < -0.3 is 15.0 Å². The SMILES string of the molecule is CCCNC(=O)[C@H](Cc1ccccc1)N(Cc1ccc(Cl)cc1)C(=O)CN(c1ccc(C)cc1)S(=O)(=O)c1ccc(OCC)cc1. The smallest absolute Gasteiger partial charge is 0.264 e. The van der Waals surface area contributed by atoms with Crippen LogP contribution in [0.3, 0.4) is 0 Å². The van der Waals surface area contributed by atoms with Gasteiger partial charge in [0.15, 0.2) is 0 Å². The Labute approximate surface area is 277 Å². The molecule has 0 spiro atoms. The zero-order valence-corrected chi connectivity index (χ0v) is 27.9. The third-order valence-electron chi connectivity index (χ3n) is 7.41. The average molecular weight is 662 g/mol. The lowest BCUT2D eigenvalue weighted by molar-refractivity contribution is -0.140. The van der Waals surface area contributed by atoms with Gasteiger partial charge in [-0.1, -0.05) is 78.7 Å². The maximum Gasteiger partial charge on any atom is 0.264 e. The monoisotopic (exact) mass is 661 g/mol. The molecular weight excluding hydrogens is 622 g/mol. The topological polar surface area (TPSA) is 96.0 Å². The fraction of sp³-hybridized carbons (Fsp3) is 0.278. The van der Waals surface area contributed by atoms with Crippen LogP contribution in [0.15, 0.2) is 108 Å². The zero-order chi connectivity index (χ0) is 33.1. The highest BCUT2D eigenvalue weighted by Crippen LogP contribution is 2.27. The molecule has 0 heterocycles. The summed E-state index contributed by atoms with van der Waals surface area (Å²) in [6.07, 6.45) is 0.961. The second-order valence-corrected chi connectivity index (χ2v) is 13.2.